The summed E-state index contributed by atoms with van der Waals surface area (Å²) in [5.74, 6) is -0.979. The molecule has 1 aliphatic rings. The van der Waals surface area contributed by atoms with E-state index in [9.17, 15) is 27.9 Å². The molecule has 3 aromatic rings. The van der Waals surface area contributed by atoms with Crippen molar-refractivity contribution in [3.05, 3.63) is 70.0 Å². The van der Waals surface area contributed by atoms with Crippen molar-refractivity contribution >= 4 is 5.91 Å². The molecule has 1 aliphatic heterocycles. The molecule has 0 spiro atoms. The van der Waals surface area contributed by atoms with Crippen LogP contribution in [-0.2, 0) is 6.54 Å². The fraction of sp³-hybridized carbons (Fsp3) is 0.348. The lowest BCUT2D eigenvalue weighted by Gasteiger charge is -2.32. The van der Waals surface area contributed by atoms with Crippen molar-refractivity contribution < 1.29 is 27.8 Å². The summed E-state index contributed by atoms with van der Waals surface area (Å²) in [6.45, 7) is 4.36. The van der Waals surface area contributed by atoms with Gasteiger partial charge in [-0.05, 0) is 55.9 Å². The minimum Gasteiger partial charge on any atom is -0.493 e. The first-order chi connectivity index (χ1) is 16.5. The zero-order valence-electron chi connectivity index (χ0n) is 19.1. The van der Waals surface area contributed by atoms with Gasteiger partial charge in [-0.15, -0.1) is 13.2 Å². The second-order valence-electron chi connectivity index (χ2n) is 8.30. The quantitative estimate of drug-likeness (QED) is 0.589. The predicted octanol–water partition coefficient (Wildman–Crippen LogP) is 2.38. The van der Waals surface area contributed by atoms with Gasteiger partial charge in [0, 0.05) is 32.4 Å². The van der Waals surface area contributed by atoms with Gasteiger partial charge in [0.2, 0.25) is 5.88 Å². The second kappa shape index (κ2) is 9.45. The highest BCUT2D eigenvalue weighted by Crippen LogP contribution is 2.26. The molecule has 1 saturated heterocycles. The summed E-state index contributed by atoms with van der Waals surface area (Å²) in [5.41, 5.74) is 0.738. The number of aromatic nitrogens is 3. The Bertz CT molecular complexity index is 1280. The number of hydrogen-bond donors (Lipinski definition) is 1. The average Bonchev–Trinajstić information content (AvgIpc) is 3.02. The first-order valence-corrected chi connectivity index (χ1v) is 10.8. The summed E-state index contributed by atoms with van der Waals surface area (Å²) in [5, 5.41) is 10.6. The van der Waals surface area contributed by atoms with Gasteiger partial charge in [0.05, 0.1) is 17.9 Å². The van der Waals surface area contributed by atoms with Crippen molar-refractivity contribution in [1.29, 1.82) is 0 Å². The van der Waals surface area contributed by atoms with Crippen LogP contribution < -0.4 is 10.4 Å². The van der Waals surface area contributed by atoms with Crippen LogP contribution in [0, 0.1) is 6.92 Å². The third-order valence-electron chi connectivity index (χ3n) is 5.87. The molecule has 35 heavy (non-hydrogen) atoms. The van der Waals surface area contributed by atoms with Gasteiger partial charge < -0.3 is 19.6 Å². The van der Waals surface area contributed by atoms with Gasteiger partial charge in [0.15, 0.2) is 0 Å². The van der Waals surface area contributed by atoms with Gasteiger partial charge in [-0.3, -0.25) is 14.3 Å². The molecule has 4 rings (SSSR count). The van der Waals surface area contributed by atoms with Crippen LogP contribution in [0.1, 0.15) is 21.7 Å². The second-order valence-corrected chi connectivity index (χ2v) is 8.30. The monoisotopic (exact) mass is 491 g/mol. The van der Waals surface area contributed by atoms with Crippen LogP contribution >= 0.6 is 0 Å². The molecular weight excluding hydrogens is 467 g/mol. The van der Waals surface area contributed by atoms with Gasteiger partial charge >= 0.3 is 12.1 Å². The highest BCUT2D eigenvalue weighted by atomic mass is 19.4. The maximum absolute atomic E-state index is 13.1. The van der Waals surface area contributed by atoms with E-state index in [0.717, 1.165) is 29.8 Å². The number of pyridine rings is 1. The lowest BCUT2D eigenvalue weighted by Crippen LogP contribution is -2.47. The SMILES string of the molecule is Cc1c(O)n(-c2ccc(OC(F)(F)F)cc2)c(=O)n1Cc1ccnc(C(=O)N2CCN(C)CC2)c1. The highest BCUT2D eigenvalue weighted by molar-refractivity contribution is 5.92. The Morgan fingerprint density at radius 1 is 1.11 bits per heavy atom. The highest BCUT2D eigenvalue weighted by Gasteiger charge is 2.31. The molecule has 12 heteroatoms. The zero-order chi connectivity index (χ0) is 25.3. The molecule has 186 valence electrons. The van der Waals surface area contributed by atoms with Crippen molar-refractivity contribution in [2.24, 2.45) is 0 Å². The van der Waals surface area contributed by atoms with Crippen LogP contribution in [0.5, 0.6) is 11.6 Å². The molecule has 0 aliphatic carbocycles. The van der Waals surface area contributed by atoms with Crippen LogP contribution in [-0.4, -0.2) is 74.5 Å². The molecule has 2 aromatic heterocycles. The Hall–Kier alpha value is -3.80. The Kier molecular flexibility index (Phi) is 6.57. The van der Waals surface area contributed by atoms with E-state index in [4.69, 9.17) is 0 Å². The Morgan fingerprint density at radius 2 is 1.77 bits per heavy atom. The number of amides is 1. The fourth-order valence-electron chi connectivity index (χ4n) is 3.90. The van der Waals surface area contributed by atoms with E-state index < -0.39 is 17.8 Å². The number of hydrogen-bond acceptors (Lipinski definition) is 6. The lowest BCUT2D eigenvalue weighted by atomic mass is 10.2. The Labute approximate surface area is 198 Å². The zero-order valence-corrected chi connectivity index (χ0v) is 19.1. The third-order valence-corrected chi connectivity index (χ3v) is 5.87. The minimum atomic E-state index is -4.84. The first-order valence-electron chi connectivity index (χ1n) is 10.8. The lowest BCUT2D eigenvalue weighted by molar-refractivity contribution is -0.274. The number of aromatic hydroxyl groups is 1. The number of carbonyl (C=O) groups is 1. The number of halogens is 3. The number of carbonyl (C=O) groups excluding carboxylic acids is 1. The van der Waals surface area contributed by atoms with Crippen molar-refractivity contribution in [1.82, 2.24) is 23.9 Å². The molecule has 0 radical (unpaired) electrons. The molecule has 0 atom stereocenters. The van der Waals surface area contributed by atoms with E-state index in [1.807, 2.05) is 7.05 Å². The van der Waals surface area contributed by atoms with Crippen molar-refractivity contribution in [3.8, 4) is 17.3 Å². The standard InChI is InChI=1S/C23H24F3N5O4/c1-15-20(32)31(17-3-5-18(6-4-17)35-23(24,25)26)22(34)30(15)14-16-7-8-27-19(13-16)21(33)29-11-9-28(2)10-12-29/h3-8,13,32H,9-12,14H2,1-2H3. The van der Waals surface area contributed by atoms with Crippen LogP contribution in [0.4, 0.5) is 13.2 Å². The summed E-state index contributed by atoms with van der Waals surface area (Å²) >= 11 is 0. The maximum Gasteiger partial charge on any atom is 0.573 e. The molecule has 1 N–H and O–H groups in total. The normalized spacial score (nSPS) is 14.8. The summed E-state index contributed by atoms with van der Waals surface area (Å²) in [6.07, 6.45) is -3.34. The molecule has 0 saturated carbocycles. The Balaban J connectivity index is 1.57. The number of imidazole rings is 1. The number of benzene rings is 1. The summed E-state index contributed by atoms with van der Waals surface area (Å²) < 4.78 is 43.4. The van der Waals surface area contributed by atoms with Gasteiger partial charge in [0.1, 0.15) is 11.4 Å². The third kappa shape index (κ3) is 5.32. The van der Waals surface area contributed by atoms with E-state index in [1.54, 1.807) is 24.0 Å². The molecule has 1 amide bonds. The van der Waals surface area contributed by atoms with Crippen molar-refractivity contribution in [2.45, 2.75) is 19.8 Å². The summed E-state index contributed by atoms with van der Waals surface area (Å²) in [6, 6.07) is 7.88. The summed E-state index contributed by atoms with van der Waals surface area (Å²) in [4.78, 5) is 34.0. The topological polar surface area (TPSA) is 92.8 Å². The Morgan fingerprint density at radius 3 is 2.40 bits per heavy atom. The van der Waals surface area contributed by atoms with Crippen LogP contribution in [0.2, 0.25) is 0 Å². The van der Waals surface area contributed by atoms with Crippen LogP contribution in [0.15, 0.2) is 47.4 Å². The molecule has 0 unspecified atom stereocenters. The molecule has 1 aromatic carbocycles. The first kappa shape index (κ1) is 24.3. The minimum absolute atomic E-state index is 0.0615. The van der Waals surface area contributed by atoms with E-state index in [1.165, 1.54) is 22.9 Å². The number of nitrogens with zero attached hydrogens (tertiary/aromatic N) is 5. The smallest absolute Gasteiger partial charge is 0.493 e. The van der Waals surface area contributed by atoms with Gasteiger partial charge in [0.25, 0.3) is 5.91 Å². The molecule has 0 bridgehead atoms. The molecule has 3 heterocycles. The number of likely N-dealkylation sites (N-methyl/N-ethyl adjacent to an activating group) is 1. The average molecular weight is 491 g/mol. The molecule has 1 fully saturated rings. The van der Waals surface area contributed by atoms with E-state index >= 15 is 0 Å². The van der Waals surface area contributed by atoms with E-state index in [-0.39, 0.29) is 35.4 Å². The van der Waals surface area contributed by atoms with Crippen LogP contribution in [0.3, 0.4) is 0 Å². The number of rotatable bonds is 5. The van der Waals surface area contributed by atoms with Gasteiger partial charge in [-0.1, -0.05) is 0 Å². The maximum atomic E-state index is 13.1. The molecular formula is C23H24F3N5O4. The van der Waals surface area contributed by atoms with Gasteiger partial charge in [-0.2, -0.15) is 0 Å². The summed E-state index contributed by atoms with van der Waals surface area (Å²) in [7, 11) is 1.99. The molecule has 9 nitrogen and oxygen atoms in total. The number of piperazine rings is 1. The van der Waals surface area contributed by atoms with E-state index in [0.29, 0.717) is 18.7 Å². The van der Waals surface area contributed by atoms with Crippen LogP contribution in [0.25, 0.3) is 5.69 Å². The van der Waals surface area contributed by atoms with Crippen molar-refractivity contribution in [3.63, 3.8) is 0 Å². The van der Waals surface area contributed by atoms with E-state index in [2.05, 4.69) is 14.6 Å². The van der Waals surface area contributed by atoms with Crippen molar-refractivity contribution in [2.75, 3.05) is 33.2 Å². The predicted molar refractivity (Wildman–Crippen MR) is 120 cm³/mol. The number of ether oxygens (including phenoxy) is 1. The largest absolute Gasteiger partial charge is 0.573 e. The van der Waals surface area contributed by atoms with Gasteiger partial charge in [-0.25, -0.2) is 9.36 Å². The number of alkyl halides is 3. The fourth-order valence-corrected chi connectivity index (χ4v) is 3.90.